The number of ether oxygens (including phenoxy) is 1. The summed E-state index contributed by atoms with van der Waals surface area (Å²) in [7, 11) is 0. The third-order valence-electron chi connectivity index (χ3n) is 6.56. The second kappa shape index (κ2) is 10.4. The summed E-state index contributed by atoms with van der Waals surface area (Å²) in [5.41, 5.74) is 1.38. The highest BCUT2D eigenvalue weighted by atomic mass is 32.2. The first-order chi connectivity index (χ1) is 17.8. The van der Waals surface area contributed by atoms with E-state index in [1.54, 1.807) is 6.07 Å². The first-order valence-corrected chi connectivity index (χ1v) is 12.9. The van der Waals surface area contributed by atoms with E-state index in [0.29, 0.717) is 34.1 Å². The van der Waals surface area contributed by atoms with Gasteiger partial charge in [-0.15, -0.1) is 5.10 Å². The SMILES string of the molecule is CCCSc1nc(NC2C[C@H]2c2ccc(F)c(F)c2)c2nnn([C@@H]3C[C@H](OCC(=O)O)[C@@H](O)[C@H]3O)c2n1. The van der Waals surface area contributed by atoms with Gasteiger partial charge in [0.15, 0.2) is 33.8 Å². The number of nitrogens with one attached hydrogen (secondary N) is 1. The Balaban J connectivity index is 1.42. The molecule has 0 bridgehead atoms. The summed E-state index contributed by atoms with van der Waals surface area (Å²) in [5, 5.41) is 42.2. The van der Waals surface area contributed by atoms with E-state index in [1.807, 2.05) is 6.92 Å². The van der Waals surface area contributed by atoms with E-state index in [-0.39, 0.29) is 18.4 Å². The van der Waals surface area contributed by atoms with Crippen LogP contribution in [0.2, 0.25) is 0 Å². The fraction of sp³-hybridized carbons (Fsp3) is 0.522. The number of rotatable bonds is 10. The largest absolute Gasteiger partial charge is 0.480 e. The third kappa shape index (κ3) is 5.23. The molecule has 1 unspecified atom stereocenters. The fourth-order valence-corrected chi connectivity index (χ4v) is 5.28. The molecular weight excluding hydrogens is 510 g/mol. The molecule has 2 aliphatic rings. The van der Waals surface area contributed by atoms with Crippen molar-refractivity contribution in [1.29, 1.82) is 0 Å². The minimum absolute atomic E-state index is 0.0270. The molecular formula is C23H26F2N6O5S. The second-order valence-electron chi connectivity index (χ2n) is 9.20. The molecule has 14 heteroatoms. The topological polar surface area (TPSA) is 156 Å². The van der Waals surface area contributed by atoms with Crippen molar-refractivity contribution in [2.75, 3.05) is 17.7 Å². The fourth-order valence-electron chi connectivity index (χ4n) is 4.59. The van der Waals surface area contributed by atoms with Crippen LogP contribution in [0.1, 0.15) is 43.7 Å². The van der Waals surface area contributed by atoms with Gasteiger partial charge in [-0.05, 0) is 30.5 Å². The number of fused-ring (bicyclic) bond motifs is 1. The zero-order valence-electron chi connectivity index (χ0n) is 19.8. The average molecular weight is 537 g/mol. The van der Waals surface area contributed by atoms with Crippen molar-refractivity contribution in [3.8, 4) is 0 Å². The summed E-state index contributed by atoms with van der Waals surface area (Å²) in [6.07, 6.45) is -1.78. The molecule has 0 saturated heterocycles. The Hall–Kier alpha value is -2.94. The van der Waals surface area contributed by atoms with E-state index in [1.165, 1.54) is 22.5 Å². The molecule has 0 radical (unpaired) electrons. The molecule has 4 N–H and O–H groups in total. The normalized spacial score (nSPS) is 27.1. The molecule has 0 spiro atoms. The monoisotopic (exact) mass is 536 g/mol. The lowest BCUT2D eigenvalue weighted by molar-refractivity contribution is -0.147. The van der Waals surface area contributed by atoms with Crippen LogP contribution in [-0.2, 0) is 9.53 Å². The lowest BCUT2D eigenvalue weighted by atomic mass is 10.1. The maximum atomic E-state index is 13.7. The van der Waals surface area contributed by atoms with Gasteiger partial charge in [-0.2, -0.15) is 0 Å². The van der Waals surface area contributed by atoms with Gasteiger partial charge in [-0.3, -0.25) is 0 Å². The minimum Gasteiger partial charge on any atom is -0.480 e. The van der Waals surface area contributed by atoms with E-state index in [4.69, 9.17) is 9.84 Å². The smallest absolute Gasteiger partial charge is 0.329 e. The summed E-state index contributed by atoms with van der Waals surface area (Å²) < 4.78 is 33.7. The van der Waals surface area contributed by atoms with E-state index >= 15 is 0 Å². The third-order valence-corrected chi connectivity index (χ3v) is 7.61. The van der Waals surface area contributed by atoms with Crippen LogP contribution >= 0.6 is 11.8 Å². The van der Waals surface area contributed by atoms with Crippen molar-refractivity contribution in [1.82, 2.24) is 25.0 Å². The lowest BCUT2D eigenvalue weighted by Crippen LogP contribution is -2.33. The van der Waals surface area contributed by atoms with Crippen molar-refractivity contribution in [2.24, 2.45) is 0 Å². The number of thioether (sulfide) groups is 1. The Morgan fingerprint density at radius 3 is 2.76 bits per heavy atom. The number of aliphatic hydroxyl groups is 2. The van der Waals surface area contributed by atoms with Gasteiger partial charge < -0.3 is 25.4 Å². The summed E-state index contributed by atoms with van der Waals surface area (Å²) >= 11 is 1.44. The number of aliphatic carboxylic acids is 1. The summed E-state index contributed by atoms with van der Waals surface area (Å²) in [6.45, 7) is 1.43. The zero-order valence-corrected chi connectivity index (χ0v) is 20.6. The maximum absolute atomic E-state index is 13.7. The molecule has 198 valence electrons. The predicted octanol–water partition coefficient (Wildman–Crippen LogP) is 2.11. The van der Waals surface area contributed by atoms with Crippen molar-refractivity contribution in [2.45, 2.75) is 67.7 Å². The molecule has 6 atom stereocenters. The maximum Gasteiger partial charge on any atom is 0.329 e. The van der Waals surface area contributed by atoms with Crippen LogP contribution in [0.25, 0.3) is 11.2 Å². The number of hydrogen-bond acceptors (Lipinski definition) is 10. The molecule has 1 aromatic carbocycles. The van der Waals surface area contributed by atoms with Crippen molar-refractivity contribution >= 4 is 34.7 Å². The number of nitrogens with zero attached hydrogens (tertiary/aromatic N) is 5. The summed E-state index contributed by atoms with van der Waals surface area (Å²) in [5.74, 6) is -1.80. The zero-order chi connectivity index (χ0) is 26.3. The molecule has 5 rings (SSSR count). The first-order valence-electron chi connectivity index (χ1n) is 11.9. The van der Waals surface area contributed by atoms with Gasteiger partial charge in [0.05, 0.1) is 12.1 Å². The van der Waals surface area contributed by atoms with Crippen LogP contribution in [0.3, 0.4) is 0 Å². The summed E-state index contributed by atoms with van der Waals surface area (Å²) in [4.78, 5) is 20.1. The van der Waals surface area contributed by atoms with Crippen LogP contribution in [-0.4, -0.2) is 83.0 Å². The first kappa shape index (κ1) is 25.7. The van der Waals surface area contributed by atoms with E-state index in [9.17, 15) is 23.8 Å². The molecule has 2 aliphatic carbocycles. The number of carboxylic acid groups (broad SMARTS) is 1. The van der Waals surface area contributed by atoms with Crippen LogP contribution < -0.4 is 5.32 Å². The molecule has 0 amide bonds. The number of carbonyl (C=O) groups is 1. The quantitative estimate of drug-likeness (QED) is 0.222. The molecule has 3 aromatic rings. The molecule has 2 fully saturated rings. The minimum atomic E-state index is -1.31. The lowest BCUT2D eigenvalue weighted by Gasteiger charge is -2.17. The van der Waals surface area contributed by atoms with Gasteiger partial charge in [0.2, 0.25) is 0 Å². The van der Waals surface area contributed by atoms with Gasteiger partial charge in [0.1, 0.15) is 18.8 Å². The van der Waals surface area contributed by atoms with Gasteiger partial charge in [-0.1, -0.05) is 30.0 Å². The number of carboxylic acids is 1. The van der Waals surface area contributed by atoms with Crippen molar-refractivity contribution < 1.29 is 33.6 Å². The molecule has 2 aromatic heterocycles. The highest BCUT2D eigenvalue weighted by Gasteiger charge is 2.45. The van der Waals surface area contributed by atoms with Gasteiger partial charge in [0.25, 0.3) is 0 Å². The van der Waals surface area contributed by atoms with E-state index in [2.05, 4.69) is 25.6 Å². The van der Waals surface area contributed by atoms with Crippen LogP contribution in [0.4, 0.5) is 14.6 Å². The van der Waals surface area contributed by atoms with Crippen molar-refractivity contribution in [3.63, 3.8) is 0 Å². The molecule has 2 heterocycles. The number of benzene rings is 1. The molecule has 0 aliphatic heterocycles. The van der Waals surface area contributed by atoms with Crippen LogP contribution in [0.15, 0.2) is 23.4 Å². The highest BCUT2D eigenvalue weighted by molar-refractivity contribution is 7.99. The Morgan fingerprint density at radius 2 is 2.03 bits per heavy atom. The number of hydrogen-bond donors (Lipinski definition) is 4. The number of aromatic nitrogens is 5. The van der Waals surface area contributed by atoms with Gasteiger partial charge >= 0.3 is 5.97 Å². The van der Waals surface area contributed by atoms with E-state index in [0.717, 1.165) is 18.2 Å². The second-order valence-corrected chi connectivity index (χ2v) is 10.3. The Morgan fingerprint density at radius 1 is 1.22 bits per heavy atom. The molecule has 2 saturated carbocycles. The standard InChI is InChI=1S/C23H26F2N6O5S/c1-2-5-37-23-27-21(26-14-7-11(14)10-3-4-12(24)13(25)6-10)18-22(28-23)31(30-29-18)15-8-16(20(35)19(15)34)36-9-17(32)33/h3-4,6,11,14-16,19-20,34-35H,2,5,7-9H2,1H3,(H,32,33)(H,26,27,28)/t11-,14?,15+,16-,19-,20+/m0/s1. The summed E-state index contributed by atoms with van der Waals surface area (Å²) in [6, 6.07) is 3.05. The van der Waals surface area contributed by atoms with Crippen LogP contribution in [0, 0.1) is 11.6 Å². The number of anilines is 1. The number of aliphatic hydroxyl groups excluding tert-OH is 2. The van der Waals surface area contributed by atoms with Gasteiger partial charge in [-0.25, -0.2) is 28.2 Å². The van der Waals surface area contributed by atoms with Gasteiger partial charge in [0, 0.05) is 24.1 Å². The highest BCUT2D eigenvalue weighted by Crippen LogP contribution is 2.44. The number of halogens is 2. The Kier molecular flexibility index (Phi) is 7.25. The predicted molar refractivity (Wildman–Crippen MR) is 128 cm³/mol. The van der Waals surface area contributed by atoms with Crippen LogP contribution in [0.5, 0.6) is 0 Å². The molecule has 11 nitrogen and oxygen atoms in total. The molecule has 37 heavy (non-hydrogen) atoms. The van der Waals surface area contributed by atoms with Crippen molar-refractivity contribution in [3.05, 3.63) is 35.4 Å². The Bertz CT molecular complexity index is 1310. The Labute approximate surface area is 214 Å². The van der Waals surface area contributed by atoms with E-state index < -0.39 is 48.6 Å². The average Bonchev–Trinajstić information content (AvgIpc) is 3.41.